The minimum Gasteiger partial charge on any atom is -0.352 e. The molecule has 1 aromatic heterocycles. The summed E-state index contributed by atoms with van der Waals surface area (Å²) < 4.78 is 0. The van der Waals surface area contributed by atoms with Crippen molar-refractivity contribution in [1.82, 2.24) is 10.3 Å². The third kappa shape index (κ3) is 4.64. The Morgan fingerprint density at radius 1 is 1.09 bits per heavy atom. The van der Waals surface area contributed by atoms with E-state index in [1.165, 1.54) is 12.4 Å². The lowest BCUT2D eigenvalue weighted by Crippen LogP contribution is -2.25. The highest BCUT2D eigenvalue weighted by Gasteiger charge is 2.12. The average molecular weight is 311 g/mol. The van der Waals surface area contributed by atoms with Gasteiger partial charge in [-0.1, -0.05) is 31.5 Å². The summed E-state index contributed by atoms with van der Waals surface area (Å²) in [6.07, 6.45) is 4.85. The molecule has 2 rings (SSSR count). The zero-order valence-electron chi connectivity index (χ0n) is 13.4. The number of nitrogens with zero attached hydrogens (tertiary/aromatic N) is 1. The van der Waals surface area contributed by atoms with Gasteiger partial charge in [-0.3, -0.25) is 14.6 Å². The van der Waals surface area contributed by atoms with Gasteiger partial charge in [0.05, 0.1) is 11.1 Å². The van der Waals surface area contributed by atoms with Gasteiger partial charge in [0.15, 0.2) is 0 Å². The molecule has 0 radical (unpaired) electrons. The standard InChI is InChI=1S/C18H21N3O2/c1-3-4-9-20-17(22)14-10-15(12-19-11-14)18(23)21-16-8-6-5-7-13(16)2/h5-8,10-12H,3-4,9H2,1-2H3,(H,20,22)(H,21,23). The number of pyridine rings is 1. The monoisotopic (exact) mass is 311 g/mol. The van der Waals surface area contributed by atoms with Crippen molar-refractivity contribution in [2.24, 2.45) is 0 Å². The summed E-state index contributed by atoms with van der Waals surface area (Å²) in [7, 11) is 0. The van der Waals surface area contributed by atoms with Crippen LogP contribution in [0.1, 0.15) is 46.0 Å². The summed E-state index contributed by atoms with van der Waals surface area (Å²) in [5.74, 6) is -0.494. The number of carbonyl (C=O) groups is 2. The number of amides is 2. The SMILES string of the molecule is CCCCNC(=O)c1cncc(C(=O)Nc2ccccc2C)c1. The van der Waals surface area contributed by atoms with Crippen LogP contribution in [0.5, 0.6) is 0 Å². The van der Waals surface area contributed by atoms with Gasteiger partial charge < -0.3 is 10.6 Å². The summed E-state index contributed by atoms with van der Waals surface area (Å²) >= 11 is 0. The number of anilines is 1. The van der Waals surface area contributed by atoms with Crippen molar-refractivity contribution < 1.29 is 9.59 Å². The van der Waals surface area contributed by atoms with Gasteiger partial charge >= 0.3 is 0 Å². The minimum atomic E-state index is -0.282. The number of carbonyl (C=O) groups excluding carboxylic acids is 2. The molecule has 1 aromatic carbocycles. The lowest BCUT2D eigenvalue weighted by molar-refractivity contribution is 0.0953. The van der Waals surface area contributed by atoms with Gasteiger partial charge in [-0.25, -0.2) is 0 Å². The maximum Gasteiger partial charge on any atom is 0.257 e. The number of unbranched alkanes of at least 4 members (excludes halogenated alkanes) is 1. The van der Waals surface area contributed by atoms with E-state index >= 15 is 0 Å². The topological polar surface area (TPSA) is 71.1 Å². The van der Waals surface area contributed by atoms with Gasteiger partial charge in [0.1, 0.15) is 0 Å². The summed E-state index contributed by atoms with van der Waals surface area (Å²) in [5, 5.41) is 5.65. The molecule has 5 heteroatoms. The fraction of sp³-hybridized carbons (Fsp3) is 0.278. The molecule has 0 spiro atoms. The van der Waals surface area contributed by atoms with Crippen LogP contribution < -0.4 is 10.6 Å². The van der Waals surface area contributed by atoms with Gasteiger partial charge in [-0.05, 0) is 31.0 Å². The van der Waals surface area contributed by atoms with Crippen LogP contribution in [0.4, 0.5) is 5.69 Å². The quantitative estimate of drug-likeness (QED) is 0.805. The molecule has 0 atom stereocenters. The van der Waals surface area contributed by atoms with Gasteiger partial charge in [-0.2, -0.15) is 0 Å². The van der Waals surface area contributed by atoms with Crippen molar-refractivity contribution in [3.8, 4) is 0 Å². The van der Waals surface area contributed by atoms with Crippen LogP contribution in [0.25, 0.3) is 0 Å². The van der Waals surface area contributed by atoms with Crippen molar-refractivity contribution in [2.75, 3.05) is 11.9 Å². The molecule has 1 heterocycles. The second kappa shape index (κ2) is 8.08. The highest BCUT2D eigenvalue weighted by molar-refractivity contribution is 6.06. The number of aromatic nitrogens is 1. The minimum absolute atomic E-state index is 0.212. The van der Waals surface area contributed by atoms with E-state index in [4.69, 9.17) is 0 Å². The highest BCUT2D eigenvalue weighted by atomic mass is 16.2. The van der Waals surface area contributed by atoms with E-state index in [1.807, 2.05) is 31.2 Å². The lowest BCUT2D eigenvalue weighted by Gasteiger charge is -2.09. The molecule has 120 valence electrons. The Hall–Kier alpha value is -2.69. The smallest absolute Gasteiger partial charge is 0.257 e. The fourth-order valence-electron chi connectivity index (χ4n) is 2.08. The van der Waals surface area contributed by atoms with Crippen molar-refractivity contribution in [3.05, 3.63) is 59.4 Å². The predicted molar refractivity (Wildman–Crippen MR) is 90.6 cm³/mol. The molecule has 0 bridgehead atoms. The van der Waals surface area contributed by atoms with Gasteiger partial charge in [0.25, 0.3) is 11.8 Å². The molecule has 2 amide bonds. The van der Waals surface area contributed by atoms with Crippen LogP contribution in [0.3, 0.4) is 0 Å². The van der Waals surface area contributed by atoms with Crippen LogP contribution in [-0.4, -0.2) is 23.3 Å². The summed E-state index contributed by atoms with van der Waals surface area (Å²) in [4.78, 5) is 28.3. The Morgan fingerprint density at radius 2 is 1.78 bits per heavy atom. The number of hydrogen-bond donors (Lipinski definition) is 2. The van der Waals surface area contributed by atoms with E-state index < -0.39 is 0 Å². The second-order valence-corrected chi connectivity index (χ2v) is 5.34. The third-order valence-electron chi connectivity index (χ3n) is 3.47. The normalized spacial score (nSPS) is 10.2. The zero-order chi connectivity index (χ0) is 16.7. The molecule has 0 unspecified atom stereocenters. The number of nitrogens with one attached hydrogen (secondary N) is 2. The van der Waals surface area contributed by atoms with Crippen molar-refractivity contribution >= 4 is 17.5 Å². The molecule has 2 N–H and O–H groups in total. The number of para-hydroxylation sites is 1. The van der Waals surface area contributed by atoms with E-state index in [0.717, 1.165) is 24.1 Å². The van der Waals surface area contributed by atoms with E-state index in [0.29, 0.717) is 17.7 Å². The van der Waals surface area contributed by atoms with Crippen molar-refractivity contribution in [1.29, 1.82) is 0 Å². The molecule has 0 saturated heterocycles. The molecule has 2 aromatic rings. The first-order valence-electron chi connectivity index (χ1n) is 7.72. The van der Waals surface area contributed by atoms with E-state index in [1.54, 1.807) is 6.07 Å². The van der Waals surface area contributed by atoms with Crippen LogP contribution >= 0.6 is 0 Å². The second-order valence-electron chi connectivity index (χ2n) is 5.34. The number of benzene rings is 1. The molecule has 0 aliphatic carbocycles. The first-order valence-corrected chi connectivity index (χ1v) is 7.72. The Bertz CT molecular complexity index is 698. The van der Waals surface area contributed by atoms with E-state index in [9.17, 15) is 9.59 Å². The average Bonchev–Trinajstić information content (AvgIpc) is 2.57. The van der Waals surface area contributed by atoms with Crippen LogP contribution in [0, 0.1) is 6.92 Å². The van der Waals surface area contributed by atoms with Crippen molar-refractivity contribution in [2.45, 2.75) is 26.7 Å². The first kappa shape index (κ1) is 16.7. The summed E-state index contributed by atoms with van der Waals surface area (Å²) in [5.41, 5.74) is 2.47. The van der Waals surface area contributed by atoms with Crippen LogP contribution in [-0.2, 0) is 0 Å². The molecule has 0 aliphatic heterocycles. The maximum absolute atomic E-state index is 12.3. The van der Waals surface area contributed by atoms with Crippen LogP contribution in [0.2, 0.25) is 0 Å². The molecular formula is C18H21N3O2. The molecule has 5 nitrogen and oxygen atoms in total. The van der Waals surface area contributed by atoms with Gasteiger partial charge in [-0.15, -0.1) is 0 Å². The van der Waals surface area contributed by atoms with Gasteiger partial charge in [0, 0.05) is 24.6 Å². The molecule has 0 saturated carbocycles. The third-order valence-corrected chi connectivity index (χ3v) is 3.47. The lowest BCUT2D eigenvalue weighted by atomic mass is 10.1. The summed E-state index contributed by atoms with van der Waals surface area (Å²) in [6.45, 7) is 4.60. The first-order chi connectivity index (χ1) is 11.1. The Morgan fingerprint density at radius 3 is 2.48 bits per heavy atom. The Kier molecular flexibility index (Phi) is 5.86. The Labute approximate surface area is 136 Å². The maximum atomic E-state index is 12.3. The van der Waals surface area contributed by atoms with E-state index in [2.05, 4.69) is 22.5 Å². The number of aryl methyl sites for hydroxylation is 1. The fourth-order valence-corrected chi connectivity index (χ4v) is 2.08. The molecule has 23 heavy (non-hydrogen) atoms. The summed E-state index contributed by atoms with van der Waals surface area (Å²) in [6, 6.07) is 9.08. The van der Waals surface area contributed by atoms with Crippen LogP contribution in [0.15, 0.2) is 42.7 Å². The zero-order valence-corrected chi connectivity index (χ0v) is 13.4. The van der Waals surface area contributed by atoms with E-state index in [-0.39, 0.29) is 11.8 Å². The number of rotatable bonds is 6. The largest absolute Gasteiger partial charge is 0.352 e. The van der Waals surface area contributed by atoms with Crippen molar-refractivity contribution in [3.63, 3.8) is 0 Å². The Balaban J connectivity index is 2.08. The molecule has 0 aliphatic rings. The number of hydrogen-bond acceptors (Lipinski definition) is 3. The highest BCUT2D eigenvalue weighted by Crippen LogP contribution is 2.14. The molecular weight excluding hydrogens is 290 g/mol. The van der Waals surface area contributed by atoms with Gasteiger partial charge in [0.2, 0.25) is 0 Å². The molecule has 0 fully saturated rings. The predicted octanol–water partition coefficient (Wildman–Crippen LogP) is 3.17.